The molecule has 0 amide bonds. The average Bonchev–Trinajstić information content (AvgIpc) is 3.23. The largest absolute Gasteiger partial charge is 0.496 e. The van der Waals surface area contributed by atoms with Gasteiger partial charge in [0.2, 0.25) is 0 Å². The Labute approximate surface area is 178 Å². The molecule has 0 unspecified atom stereocenters. The first-order valence-corrected chi connectivity index (χ1v) is 9.51. The van der Waals surface area contributed by atoms with Gasteiger partial charge in [-0.15, -0.1) is 0 Å². The van der Waals surface area contributed by atoms with Crippen LogP contribution in [0.25, 0.3) is 27.7 Å². The Morgan fingerprint density at radius 1 is 0.806 bits per heavy atom. The molecule has 1 aromatic heterocycles. The summed E-state index contributed by atoms with van der Waals surface area (Å²) in [6, 6.07) is 20.4. The molecule has 4 aromatic rings. The smallest absolute Gasteiger partial charge is 0.357 e. The molecule has 0 saturated carbocycles. The van der Waals surface area contributed by atoms with Crippen molar-refractivity contribution in [1.29, 1.82) is 0 Å². The van der Waals surface area contributed by atoms with Crippen LogP contribution in [0.15, 0.2) is 66.7 Å². The zero-order valence-corrected chi connectivity index (χ0v) is 17.3. The highest BCUT2D eigenvalue weighted by Gasteiger charge is 2.33. The molecule has 0 N–H and O–H groups in total. The van der Waals surface area contributed by atoms with Crippen molar-refractivity contribution in [2.45, 2.75) is 0 Å². The highest BCUT2D eigenvalue weighted by Crippen LogP contribution is 2.40. The molecule has 0 atom stereocenters. The molecule has 0 aliphatic carbocycles. The number of benzene rings is 3. The fraction of sp³-hybridized carbons (Fsp3) is 0.125. The van der Waals surface area contributed by atoms with Gasteiger partial charge in [-0.1, -0.05) is 48.5 Å². The molecule has 0 radical (unpaired) electrons. The van der Waals surface area contributed by atoms with Crippen LogP contribution in [0.4, 0.5) is 0 Å². The summed E-state index contributed by atoms with van der Waals surface area (Å²) in [6.07, 6.45) is 0. The summed E-state index contributed by atoms with van der Waals surface area (Å²) < 4.78 is 17.0. The minimum atomic E-state index is -0.706. The summed E-state index contributed by atoms with van der Waals surface area (Å²) in [4.78, 5) is 25.7. The van der Waals surface area contributed by atoms with Gasteiger partial charge in [0.05, 0.1) is 32.6 Å². The van der Waals surface area contributed by atoms with Crippen molar-refractivity contribution in [3.63, 3.8) is 0 Å². The zero-order chi connectivity index (χ0) is 22.0. The van der Waals surface area contributed by atoms with Crippen molar-refractivity contribution >= 4 is 22.7 Å². The van der Waals surface area contributed by atoms with Crippen LogP contribution in [0.2, 0.25) is 0 Å². The van der Waals surface area contributed by atoms with Crippen molar-refractivity contribution in [1.82, 2.24) is 9.78 Å². The Bertz CT molecular complexity index is 1280. The SMILES string of the molecule is COC(=O)c1c(-c2c(OC)ccc3ccccc23)nn(-c2ccccc2)c1C(=O)OC. The molecule has 31 heavy (non-hydrogen) atoms. The summed E-state index contributed by atoms with van der Waals surface area (Å²) in [5.41, 5.74) is 1.43. The van der Waals surface area contributed by atoms with Crippen LogP contribution in [0, 0.1) is 0 Å². The maximum Gasteiger partial charge on any atom is 0.357 e. The Hall–Kier alpha value is -4.13. The summed E-state index contributed by atoms with van der Waals surface area (Å²) in [6.45, 7) is 0. The first-order valence-electron chi connectivity index (χ1n) is 9.51. The first kappa shape index (κ1) is 20.2. The number of hydrogen-bond acceptors (Lipinski definition) is 6. The summed E-state index contributed by atoms with van der Waals surface area (Å²) >= 11 is 0. The predicted molar refractivity (Wildman–Crippen MR) is 116 cm³/mol. The topological polar surface area (TPSA) is 79.7 Å². The van der Waals surface area contributed by atoms with Gasteiger partial charge in [-0.3, -0.25) is 0 Å². The predicted octanol–water partition coefficient (Wildman–Crippen LogP) is 4.27. The van der Waals surface area contributed by atoms with Crippen LogP contribution >= 0.6 is 0 Å². The van der Waals surface area contributed by atoms with Gasteiger partial charge in [0.1, 0.15) is 17.0 Å². The second-order valence-corrected chi connectivity index (χ2v) is 6.67. The highest BCUT2D eigenvalue weighted by molar-refractivity contribution is 6.10. The molecular formula is C24H20N2O5. The van der Waals surface area contributed by atoms with E-state index in [-0.39, 0.29) is 17.0 Å². The van der Waals surface area contributed by atoms with Crippen LogP contribution in [-0.2, 0) is 9.47 Å². The highest BCUT2D eigenvalue weighted by atomic mass is 16.5. The molecule has 0 aliphatic rings. The van der Waals surface area contributed by atoms with E-state index in [9.17, 15) is 9.59 Å². The lowest BCUT2D eigenvalue weighted by atomic mass is 9.97. The van der Waals surface area contributed by atoms with Gasteiger partial charge in [-0.05, 0) is 29.0 Å². The van der Waals surface area contributed by atoms with Gasteiger partial charge < -0.3 is 14.2 Å². The lowest BCUT2D eigenvalue weighted by Gasteiger charge is -2.11. The Morgan fingerprint density at radius 2 is 1.48 bits per heavy atom. The number of ether oxygens (including phenoxy) is 3. The maximum atomic E-state index is 12.9. The number of carbonyl (C=O) groups excluding carboxylic acids is 2. The molecule has 0 fully saturated rings. The normalized spacial score (nSPS) is 10.7. The van der Waals surface area contributed by atoms with Gasteiger partial charge in [0, 0.05) is 0 Å². The van der Waals surface area contributed by atoms with Crippen molar-refractivity contribution in [3.8, 4) is 22.7 Å². The fourth-order valence-electron chi connectivity index (χ4n) is 3.60. The Kier molecular flexibility index (Phi) is 5.41. The van der Waals surface area contributed by atoms with Gasteiger partial charge in [-0.2, -0.15) is 5.10 Å². The third kappa shape index (κ3) is 3.40. The first-order chi connectivity index (χ1) is 15.1. The number of para-hydroxylation sites is 1. The number of hydrogen-bond donors (Lipinski definition) is 0. The summed E-state index contributed by atoms with van der Waals surface area (Å²) in [7, 11) is 4.05. The van der Waals surface area contributed by atoms with Gasteiger partial charge in [0.15, 0.2) is 5.69 Å². The number of rotatable bonds is 5. The Balaban J connectivity index is 2.16. The lowest BCUT2D eigenvalue weighted by molar-refractivity contribution is 0.0549. The van der Waals surface area contributed by atoms with Crippen LogP contribution < -0.4 is 4.74 Å². The molecular weight excluding hydrogens is 396 g/mol. The molecule has 156 valence electrons. The van der Waals surface area contributed by atoms with Crippen LogP contribution in [0.3, 0.4) is 0 Å². The number of esters is 2. The lowest BCUT2D eigenvalue weighted by Crippen LogP contribution is -2.15. The van der Waals surface area contributed by atoms with Gasteiger partial charge in [0.25, 0.3) is 0 Å². The van der Waals surface area contributed by atoms with Gasteiger partial charge in [-0.25, -0.2) is 14.3 Å². The van der Waals surface area contributed by atoms with Crippen LogP contribution in [0.5, 0.6) is 5.75 Å². The van der Waals surface area contributed by atoms with Crippen LogP contribution in [-0.4, -0.2) is 43.0 Å². The molecule has 0 bridgehead atoms. The average molecular weight is 416 g/mol. The van der Waals surface area contributed by atoms with E-state index in [1.165, 1.54) is 18.9 Å². The van der Waals surface area contributed by atoms with E-state index >= 15 is 0 Å². The third-order valence-electron chi connectivity index (χ3n) is 5.00. The second kappa shape index (κ2) is 8.31. The molecule has 0 spiro atoms. The second-order valence-electron chi connectivity index (χ2n) is 6.67. The van der Waals surface area contributed by atoms with E-state index in [1.54, 1.807) is 25.3 Å². The molecule has 3 aromatic carbocycles. The van der Waals surface area contributed by atoms with E-state index in [4.69, 9.17) is 14.2 Å². The quantitative estimate of drug-likeness (QED) is 0.452. The van der Waals surface area contributed by atoms with E-state index in [0.717, 1.165) is 10.8 Å². The standard InChI is InChI=1S/C24H20N2O5/c1-29-18-14-13-15-9-7-8-12-17(15)19(18)21-20(23(27)30-2)22(24(28)31-3)26(25-21)16-10-5-4-6-11-16/h4-14H,1-3H3. The van der Waals surface area contributed by atoms with Crippen molar-refractivity contribution in [2.24, 2.45) is 0 Å². The van der Waals surface area contributed by atoms with Crippen molar-refractivity contribution in [2.75, 3.05) is 21.3 Å². The maximum absolute atomic E-state index is 12.9. The molecule has 0 saturated heterocycles. The van der Waals surface area contributed by atoms with Crippen molar-refractivity contribution < 1.29 is 23.8 Å². The Morgan fingerprint density at radius 3 is 2.16 bits per heavy atom. The fourth-order valence-corrected chi connectivity index (χ4v) is 3.60. The zero-order valence-electron chi connectivity index (χ0n) is 17.3. The van der Waals surface area contributed by atoms with E-state index < -0.39 is 11.9 Å². The van der Waals surface area contributed by atoms with Gasteiger partial charge >= 0.3 is 11.9 Å². The number of aromatic nitrogens is 2. The number of nitrogens with zero attached hydrogens (tertiary/aromatic N) is 2. The molecule has 1 heterocycles. The molecule has 4 rings (SSSR count). The molecule has 0 aliphatic heterocycles. The minimum Gasteiger partial charge on any atom is -0.496 e. The summed E-state index contributed by atoms with van der Waals surface area (Å²) in [5, 5.41) is 6.44. The molecule has 7 nitrogen and oxygen atoms in total. The van der Waals surface area contributed by atoms with E-state index in [1.807, 2.05) is 48.5 Å². The number of methoxy groups -OCH3 is 3. The van der Waals surface area contributed by atoms with Crippen LogP contribution in [0.1, 0.15) is 20.8 Å². The van der Waals surface area contributed by atoms with E-state index in [0.29, 0.717) is 17.0 Å². The monoisotopic (exact) mass is 416 g/mol. The number of fused-ring (bicyclic) bond motifs is 1. The summed E-state index contributed by atoms with van der Waals surface area (Å²) in [5.74, 6) is -0.896. The number of carbonyl (C=O) groups is 2. The minimum absolute atomic E-state index is 0.00727. The van der Waals surface area contributed by atoms with Crippen molar-refractivity contribution in [3.05, 3.63) is 78.0 Å². The molecule has 7 heteroatoms. The third-order valence-corrected chi connectivity index (χ3v) is 5.00. The van der Waals surface area contributed by atoms with E-state index in [2.05, 4.69) is 5.10 Å².